The molecule has 1 aliphatic rings. The quantitative estimate of drug-likeness (QED) is 0.492. The Bertz CT molecular complexity index is 147. The summed E-state index contributed by atoms with van der Waals surface area (Å²) in [6.07, 6.45) is 5.14. The van der Waals surface area contributed by atoms with E-state index in [-0.39, 0.29) is 6.10 Å². The van der Waals surface area contributed by atoms with E-state index in [1.807, 2.05) is 19.9 Å². The van der Waals surface area contributed by atoms with Crippen LogP contribution in [0, 0.1) is 0 Å². The molecule has 0 saturated carbocycles. The molecule has 0 aliphatic carbocycles. The molecule has 2 nitrogen and oxygen atoms in total. The fourth-order valence-electron chi connectivity index (χ4n) is 0.700. The summed E-state index contributed by atoms with van der Waals surface area (Å²) in [5.41, 5.74) is 0. The van der Waals surface area contributed by atoms with Gasteiger partial charge >= 0.3 is 0 Å². The topological polar surface area (TPSA) is 18.5 Å². The van der Waals surface area contributed by atoms with E-state index in [0.29, 0.717) is 0 Å². The van der Waals surface area contributed by atoms with E-state index in [9.17, 15) is 0 Å². The molecule has 0 aromatic rings. The lowest BCUT2D eigenvalue weighted by atomic mass is 10.3. The summed E-state index contributed by atoms with van der Waals surface area (Å²) in [6, 6.07) is 0. The average molecular weight is 126 g/mol. The maximum Gasteiger partial charge on any atom is 0.125 e. The van der Waals surface area contributed by atoms with Gasteiger partial charge in [0.1, 0.15) is 18.6 Å². The van der Waals surface area contributed by atoms with Crippen LogP contribution in [-0.4, -0.2) is 6.10 Å². The third-order valence-electron chi connectivity index (χ3n) is 1.07. The molecule has 1 rings (SSSR count). The molecule has 50 valence electrons. The first-order valence-corrected chi connectivity index (χ1v) is 2.94. The third-order valence-corrected chi connectivity index (χ3v) is 1.07. The molecule has 0 amide bonds. The standard InChI is InChI=1S/C7H10O2/c1-6-5-7(2)9-4-3-8-6/h3-6H,1-2H3. The van der Waals surface area contributed by atoms with Crippen molar-refractivity contribution in [3.8, 4) is 0 Å². The van der Waals surface area contributed by atoms with Gasteiger partial charge in [-0.15, -0.1) is 0 Å². The number of hydrogen-bond donors (Lipinski definition) is 0. The molecular weight excluding hydrogens is 116 g/mol. The number of hydrogen-bond acceptors (Lipinski definition) is 2. The molecule has 9 heavy (non-hydrogen) atoms. The van der Waals surface area contributed by atoms with E-state index >= 15 is 0 Å². The van der Waals surface area contributed by atoms with E-state index in [1.54, 1.807) is 6.26 Å². The minimum absolute atomic E-state index is 0.128. The van der Waals surface area contributed by atoms with Crippen LogP contribution in [-0.2, 0) is 9.47 Å². The molecule has 0 fully saturated rings. The van der Waals surface area contributed by atoms with Gasteiger partial charge in [0.2, 0.25) is 0 Å². The van der Waals surface area contributed by atoms with Crippen LogP contribution < -0.4 is 0 Å². The van der Waals surface area contributed by atoms with Gasteiger partial charge in [-0.25, -0.2) is 0 Å². The van der Waals surface area contributed by atoms with Crippen molar-refractivity contribution in [1.82, 2.24) is 0 Å². The molecular formula is C7H10O2. The van der Waals surface area contributed by atoms with Crippen molar-refractivity contribution in [1.29, 1.82) is 0 Å². The highest BCUT2D eigenvalue weighted by Gasteiger charge is 1.99. The molecule has 1 aliphatic heterocycles. The second-order valence-electron chi connectivity index (χ2n) is 2.01. The Hall–Kier alpha value is -0.920. The normalized spacial score (nSPS) is 25.6. The smallest absolute Gasteiger partial charge is 0.125 e. The molecule has 0 N–H and O–H groups in total. The van der Waals surface area contributed by atoms with E-state index < -0.39 is 0 Å². The van der Waals surface area contributed by atoms with Gasteiger partial charge in [-0.2, -0.15) is 0 Å². The Morgan fingerprint density at radius 1 is 1.44 bits per heavy atom. The summed E-state index contributed by atoms with van der Waals surface area (Å²) in [5.74, 6) is 0.885. The first-order valence-electron chi connectivity index (χ1n) is 2.94. The van der Waals surface area contributed by atoms with Crippen LogP contribution in [0.3, 0.4) is 0 Å². The van der Waals surface area contributed by atoms with Crippen LogP contribution in [0.5, 0.6) is 0 Å². The molecule has 1 atom stereocenters. The molecule has 1 heterocycles. The molecule has 0 saturated heterocycles. The first kappa shape index (κ1) is 6.20. The van der Waals surface area contributed by atoms with Crippen molar-refractivity contribution in [2.75, 3.05) is 0 Å². The Morgan fingerprint density at radius 2 is 2.22 bits per heavy atom. The predicted molar refractivity (Wildman–Crippen MR) is 34.5 cm³/mol. The van der Waals surface area contributed by atoms with Crippen LogP contribution in [0.4, 0.5) is 0 Å². The van der Waals surface area contributed by atoms with Gasteiger partial charge in [-0.05, 0) is 19.9 Å². The average Bonchev–Trinajstić information content (AvgIpc) is 1.93. The summed E-state index contributed by atoms with van der Waals surface area (Å²) in [6.45, 7) is 3.86. The van der Waals surface area contributed by atoms with Crippen LogP contribution in [0.15, 0.2) is 24.4 Å². The van der Waals surface area contributed by atoms with Gasteiger partial charge in [-0.3, -0.25) is 0 Å². The predicted octanol–water partition coefficient (Wildman–Crippen LogP) is 1.80. The van der Waals surface area contributed by atoms with E-state index in [0.717, 1.165) is 5.76 Å². The maximum absolute atomic E-state index is 5.09. The highest BCUT2D eigenvalue weighted by molar-refractivity contribution is 4.97. The van der Waals surface area contributed by atoms with Crippen molar-refractivity contribution < 1.29 is 9.47 Å². The largest absolute Gasteiger partial charge is 0.491 e. The van der Waals surface area contributed by atoms with Crippen LogP contribution in [0.25, 0.3) is 0 Å². The van der Waals surface area contributed by atoms with Gasteiger partial charge in [0.15, 0.2) is 0 Å². The van der Waals surface area contributed by atoms with Crippen molar-refractivity contribution in [2.24, 2.45) is 0 Å². The second-order valence-corrected chi connectivity index (χ2v) is 2.01. The van der Waals surface area contributed by atoms with Crippen molar-refractivity contribution in [3.63, 3.8) is 0 Å². The minimum Gasteiger partial charge on any atom is -0.491 e. The fraction of sp³-hybridized carbons (Fsp3) is 0.429. The fourth-order valence-corrected chi connectivity index (χ4v) is 0.700. The van der Waals surface area contributed by atoms with Gasteiger partial charge in [0, 0.05) is 0 Å². The summed E-state index contributed by atoms with van der Waals surface area (Å²) in [7, 11) is 0. The van der Waals surface area contributed by atoms with Crippen LogP contribution in [0.2, 0.25) is 0 Å². The third kappa shape index (κ3) is 1.80. The highest BCUT2D eigenvalue weighted by atomic mass is 16.5. The Labute approximate surface area is 54.8 Å². The Balaban J connectivity index is 2.62. The summed E-state index contributed by atoms with van der Waals surface area (Å²) < 4.78 is 10.1. The van der Waals surface area contributed by atoms with Gasteiger partial charge in [0.05, 0.1) is 5.76 Å². The minimum atomic E-state index is 0.128. The zero-order valence-corrected chi connectivity index (χ0v) is 5.63. The molecule has 0 aromatic carbocycles. The van der Waals surface area contributed by atoms with Crippen LogP contribution >= 0.6 is 0 Å². The summed E-state index contributed by atoms with van der Waals surface area (Å²) >= 11 is 0. The number of rotatable bonds is 0. The first-order chi connectivity index (χ1) is 4.29. The molecule has 0 bridgehead atoms. The lowest BCUT2D eigenvalue weighted by Crippen LogP contribution is -1.97. The zero-order valence-electron chi connectivity index (χ0n) is 5.63. The summed E-state index contributed by atoms with van der Waals surface area (Å²) in [4.78, 5) is 0. The number of ether oxygens (including phenoxy) is 2. The monoisotopic (exact) mass is 126 g/mol. The lowest BCUT2D eigenvalue weighted by molar-refractivity contribution is 0.203. The molecule has 2 heteroatoms. The zero-order chi connectivity index (χ0) is 6.69. The van der Waals surface area contributed by atoms with Crippen molar-refractivity contribution in [2.45, 2.75) is 20.0 Å². The molecule has 0 aromatic heterocycles. The molecule has 1 unspecified atom stereocenters. The van der Waals surface area contributed by atoms with Crippen LogP contribution in [0.1, 0.15) is 13.8 Å². The van der Waals surface area contributed by atoms with E-state index in [2.05, 4.69) is 0 Å². The highest BCUT2D eigenvalue weighted by Crippen LogP contribution is 2.06. The summed E-state index contributed by atoms with van der Waals surface area (Å²) in [5, 5.41) is 0. The van der Waals surface area contributed by atoms with Gasteiger partial charge in [-0.1, -0.05) is 0 Å². The van der Waals surface area contributed by atoms with Crippen molar-refractivity contribution >= 4 is 0 Å². The second kappa shape index (κ2) is 2.58. The Kier molecular flexibility index (Phi) is 1.78. The number of allylic oxidation sites excluding steroid dienone is 1. The van der Waals surface area contributed by atoms with E-state index in [1.165, 1.54) is 6.26 Å². The molecule has 0 radical (unpaired) electrons. The molecule has 0 spiro atoms. The Morgan fingerprint density at radius 3 is 3.00 bits per heavy atom. The van der Waals surface area contributed by atoms with Gasteiger partial charge < -0.3 is 9.47 Å². The lowest BCUT2D eigenvalue weighted by Gasteiger charge is -2.01. The van der Waals surface area contributed by atoms with Gasteiger partial charge in [0.25, 0.3) is 0 Å². The SMILES string of the molecule is CC1=CC(C)OC=CO1. The maximum atomic E-state index is 5.09. The van der Waals surface area contributed by atoms with Crippen molar-refractivity contribution in [3.05, 3.63) is 24.4 Å². The van der Waals surface area contributed by atoms with E-state index in [4.69, 9.17) is 9.47 Å².